The summed E-state index contributed by atoms with van der Waals surface area (Å²) in [6.07, 6.45) is 9.86. The Morgan fingerprint density at radius 1 is 0.800 bits per heavy atom. The zero-order chi connectivity index (χ0) is 26.8. The molecule has 204 valence electrons. The lowest BCUT2D eigenvalue weighted by Gasteiger charge is -2.09. The van der Waals surface area contributed by atoms with Gasteiger partial charge in [-0.1, -0.05) is 53.5 Å². The summed E-state index contributed by atoms with van der Waals surface area (Å²) in [5.41, 5.74) is 0. The van der Waals surface area contributed by atoms with E-state index in [1.54, 1.807) is 0 Å². The zero-order valence-corrected chi connectivity index (χ0v) is 24.3. The first-order valence-corrected chi connectivity index (χ1v) is 14.7. The van der Waals surface area contributed by atoms with Gasteiger partial charge in [0.15, 0.2) is 0 Å². The van der Waals surface area contributed by atoms with Gasteiger partial charge >= 0.3 is 0 Å². The number of carbonyl (C=O) groups excluding carboxylic acids is 3. The van der Waals surface area contributed by atoms with Gasteiger partial charge in [0.25, 0.3) is 0 Å². The lowest BCUT2D eigenvalue weighted by molar-refractivity contribution is -0.125. The number of hydrogen-bond acceptors (Lipinski definition) is 4. The first-order valence-electron chi connectivity index (χ1n) is 13.5. The molecule has 5 unspecified atom stereocenters. The zero-order valence-electron chi connectivity index (χ0n) is 23.5. The molecule has 0 aromatic heterocycles. The maximum Gasteiger partial charge on any atom is 0.223 e. The molecule has 3 N–H and O–H groups in total. The SMILES string of the molecule is C=CCC(C)C.CC1CCCC(C)C(=O)N1.CC1CCCCNC1=O.CC1CSCC(C)C(=O)N1. The molecule has 3 fully saturated rings. The lowest BCUT2D eigenvalue weighted by Crippen LogP contribution is -2.35. The van der Waals surface area contributed by atoms with Crippen LogP contribution in [0.15, 0.2) is 12.7 Å². The molecule has 3 aliphatic rings. The van der Waals surface area contributed by atoms with Crippen LogP contribution in [0.3, 0.4) is 0 Å². The predicted molar refractivity (Wildman–Crippen MR) is 150 cm³/mol. The van der Waals surface area contributed by atoms with Gasteiger partial charge < -0.3 is 16.0 Å². The van der Waals surface area contributed by atoms with E-state index in [-0.39, 0.29) is 35.5 Å². The van der Waals surface area contributed by atoms with Crippen LogP contribution in [0.1, 0.15) is 93.4 Å². The Balaban J connectivity index is 0.000000448. The Morgan fingerprint density at radius 3 is 1.97 bits per heavy atom. The average Bonchev–Trinajstić information content (AvgIpc) is 3.12. The molecule has 0 radical (unpaired) electrons. The standard InChI is InChI=1S/C8H15NO.C7H13NOS.C7H13NO.C6H12/c1-6-4-3-5-7(2)9-8(6)10;1-5-3-10-4-6(2)8-7(5)9;1-6-4-2-3-5-8-7(6)9;1-4-5-6(2)3/h6-7H,3-5H2,1-2H3,(H,9,10);5-6H,3-4H2,1-2H3,(H,8,9);6H,2-5H2,1H3,(H,8,9);4,6H,1,5H2,2-3H3. The highest BCUT2D eigenvalue weighted by Crippen LogP contribution is 2.15. The molecule has 0 spiro atoms. The highest BCUT2D eigenvalue weighted by atomic mass is 32.2. The number of rotatable bonds is 2. The third kappa shape index (κ3) is 17.6. The molecule has 0 bridgehead atoms. The molecule has 3 heterocycles. The summed E-state index contributed by atoms with van der Waals surface area (Å²) in [6.45, 7) is 18.9. The van der Waals surface area contributed by atoms with Crippen molar-refractivity contribution in [1.29, 1.82) is 0 Å². The second-order valence-electron chi connectivity index (χ2n) is 10.7. The van der Waals surface area contributed by atoms with Crippen molar-refractivity contribution in [2.75, 3.05) is 18.1 Å². The summed E-state index contributed by atoms with van der Waals surface area (Å²) < 4.78 is 0. The van der Waals surface area contributed by atoms with Gasteiger partial charge in [0.05, 0.1) is 0 Å². The Kier molecular flexibility index (Phi) is 18.8. The van der Waals surface area contributed by atoms with Crippen molar-refractivity contribution in [3.05, 3.63) is 12.7 Å². The Labute approximate surface area is 219 Å². The van der Waals surface area contributed by atoms with Crippen LogP contribution >= 0.6 is 11.8 Å². The van der Waals surface area contributed by atoms with Crippen molar-refractivity contribution >= 4 is 29.5 Å². The second-order valence-corrected chi connectivity index (χ2v) is 11.8. The molecule has 35 heavy (non-hydrogen) atoms. The van der Waals surface area contributed by atoms with Crippen molar-refractivity contribution in [3.8, 4) is 0 Å². The molecule has 0 aromatic rings. The summed E-state index contributed by atoms with van der Waals surface area (Å²) >= 11 is 1.85. The lowest BCUT2D eigenvalue weighted by atomic mass is 10.1. The molecular formula is C28H53N3O3S. The quantitative estimate of drug-likeness (QED) is 0.438. The van der Waals surface area contributed by atoms with Gasteiger partial charge in [-0.25, -0.2) is 0 Å². The summed E-state index contributed by atoms with van der Waals surface area (Å²) in [5.74, 6) is 4.12. The van der Waals surface area contributed by atoms with Crippen molar-refractivity contribution in [2.45, 2.75) is 105 Å². The molecule has 3 aliphatic heterocycles. The maximum absolute atomic E-state index is 11.1. The van der Waals surface area contributed by atoms with Crippen LogP contribution in [0.4, 0.5) is 0 Å². The normalized spacial score (nSPS) is 28.9. The molecule has 3 rings (SSSR count). The van der Waals surface area contributed by atoms with Gasteiger partial charge in [0.1, 0.15) is 0 Å². The van der Waals surface area contributed by atoms with Crippen LogP contribution in [0.25, 0.3) is 0 Å². The van der Waals surface area contributed by atoms with Crippen LogP contribution < -0.4 is 16.0 Å². The molecule has 3 amide bonds. The number of amides is 3. The second kappa shape index (κ2) is 19.7. The van der Waals surface area contributed by atoms with E-state index in [0.29, 0.717) is 12.1 Å². The molecule has 0 saturated carbocycles. The van der Waals surface area contributed by atoms with E-state index in [1.807, 2.05) is 45.5 Å². The van der Waals surface area contributed by atoms with Crippen LogP contribution in [-0.2, 0) is 14.4 Å². The average molecular weight is 512 g/mol. The van der Waals surface area contributed by atoms with E-state index < -0.39 is 0 Å². The molecule has 0 aromatic carbocycles. The molecule has 3 saturated heterocycles. The summed E-state index contributed by atoms with van der Waals surface area (Å²) in [6, 6.07) is 0.736. The Morgan fingerprint density at radius 2 is 1.37 bits per heavy atom. The minimum atomic E-state index is 0.190. The van der Waals surface area contributed by atoms with E-state index in [9.17, 15) is 14.4 Å². The number of carbonyl (C=O) groups is 3. The number of hydrogen-bond donors (Lipinski definition) is 3. The summed E-state index contributed by atoms with van der Waals surface area (Å²) in [7, 11) is 0. The fourth-order valence-corrected chi connectivity index (χ4v) is 4.75. The third-order valence-electron chi connectivity index (χ3n) is 6.13. The Hall–Kier alpha value is -1.50. The minimum Gasteiger partial charge on any atom is -0.356 e. The molecule has 0 aliphatic carbocycles. The van der Waals surface area contributed by atoms with Crippen LogP contribution in [0.5, 0.6) is 0 Å². The largest absolute Gasteiger partial charge is 0.356 e. The van der Waals surface area contributed by atoms with E-state index in [0.717, 1.165) is 56.1 Å². The number of thioether (sulfide) groups is 1. The first-order chi connectivity index (χ1) is 16.5. The molecule has 7 heteroatoms. The van der Waals surface area contributed by atoms with Gasteiger partial charge in [0.2, 0.25) is 17.7 Å². The number of nitrogens with one attached hydrogen (secondary N) is 3. The van der Waals surface area contributed by atoms with Crippen molar-refractivity contribution in [1.82, 2.24) is 16.0 Å². The fourth-order valence-electron chi connectivity index (χ4n) is 3.67. The summed E-state index contributed by atoms with van der Waals surface area (Å²) in [4.78, 5) is 33.1. The van der Waals surface area contributed by atoms with E-state index in [4.69, 9.17) is 0 Å². The van der Waals surface area contributed by atoms with Gasteiger partial charge in [0, 0.05) is 47.9 Å². The topological polar surface area (TPSA) is 87.3 Å². The monoisotopic (exact) mass is 511 g/mol. The Bertz CT molecular complexity index is 595. The highest BCUT2D eigenvalue weighted by Gasteiger charge is 2.19. The third-order valence-corrected chi connectivity index (χ3v) is 7.60. The van der Waals surface area contributed by atoms with Gasteiger partial charge in [-0.15, -0.1) is 6.58 Å². The van der Waals surface area contributed by atoms with Crippen molar-refractivity contribution < 1.29 is 14.4 Å². The van der Waals surface area contributed by atoms with E-state index in [2.05, 4.69) is 43.3 Å². The van der Waals surface area contributed by atoms with Crippen molar-refractivity contribution in [3.63, 3.8) is 0 Å². The van der Waals surface area contributed by atoms with Gasteiger partial charge in [-0.3, -0.25) is 14.4 Å². The number of allylic oxidation sites excluding steroid dienone is 1. The molecular weight excluding hydrogens is 458 g/mol. The van der Waals surface area contributed by atoms with Crippen LogP contribution in [0, 0.1) is 23.7 Å². The van der Waals surface area contributed by atoms with E-state index in [1.165, 1.54) is 12.8 Å². The molecule has 5 atom stereocenters. The first kappa shape index (κ1) is 33.5. The maximum atomic E-state index is 11.1. The minimum absolute atomic E-state index is 0.190. The predicted octanol–water partition coefficient (Wildman–Crippen LogP) is 5.33. The smallest absolute Gasteiger partial charge is 0.223 e. The van der Waals surface area contributed by atoms with Crippen molar-refractivity contribution in [2.24, 2.45) is 23.7 Å². The molecule has 6 nitrogen and oxygen atoms in total. The fraction of sp³-hybridized carbons (Fsp3) is 0.821. The van der Waals surface area contributed by atoms with Crippen LogP contribution in [0.2, 0.25) is 0 Å². The van der Waals surface area contributed by atoms with Gasteiger partial charge in [-0.2, -0.15) is 11.8 Å². The van der Waals surface area contributed by atoms with Crippen LogP contribution in [-0.4, -0.2) is 47.9 Å². The van der Waals surface area contributed by atoms with E-state index >= 15 is 0 Å². The van der Waals surface area contributed by atoms with Gasteiger partial charge in [-0.05, 0) is 51.9 Å². The highest BCUT2D eigenvalue weighted by molar-refractivity contribution is 7.99. The summed E-state index contributed by atoms with van der Waals surface area (Å²) in [5, 5.41) is 8.74.